The van der Waals surface area contributed by atoms with Crippen LogP contribution >= 0.6 is 0 Å². The number of rotatable bonds is 8. The van der Waals surface area contributed by atoms with E-state index in [1.807, 2.05) is 19.1 Å². The van der Waals surface area contributed by atoms with Gasteiger partial charge in [0.2, 0.25) is 0 Å². The quantitative estimate of drug-likeness (QED) is 0.517. The van der Waals surface area contributed by atoms with Crippen LogP contribution in [0.4, 0.5) is 0 Å². The van der Waals surface area contributed by atoms with Crippen molar-refractivity contribution in [3.05, 3.63) is 83.0 Å². The summed E-state index contributed by atoms with van der Waals surface area (Å²) in [6.07, 6.45) is -0.264. The maximum absolute atomic E-state index is 13.0. The maximum atomic E-state index is 13.0. The minimum Gasteiger partial charge on any atom is -0.494 e. The molecule has 7 nitrogen and oxygen atoms in total. The summed E-state index contributed by atoms with van der Waals surface area (Å²) in [6, 6.07) is 16.6. The third-order valence-electron chi connectivity index (χ3n) is 5.10. The predicted molar refractivity (Wildman–Crippen MR) is 120 cm³/mol. The lowest BCUT2D eigenvalue weighted by Crippen LogP contribution is -2.31. The molecule has 164 valence electrons. The second kappa shape index (κ2) is 9.87. The number of aliphatic carboxylic acids is 1. The molecule has 0 bridgehead atoms. The van der Waals surface area contributed by atoms with Gasteiger partial charge in [-0.1, -0.05) is 42.5 Å². The Balaban J connectivity index is 1.96. The molecule has 2 N–H and O–H groups in total. The number of carboxylic acid groups (broad SMARTS) is 1. The molecule has 0 aliphatic heterocycles. The maximum Gasteiger partial charge on any atom is 0.305 e. The van der Waals surface area contributed by atoms with Crippen molar-refractivity contribution in [2.75, 3.05) is 7.11 Å². The third-order valence-corrected chi connectivity index (χ3v) is 5.10. The Kier molecular flexibility index (Phi) is 7.00. The Bertz CT molecular complexity index is 1170. The lowest BCUT2D eigenvalue weighted by atomic mass is 9.98. The Labute approximate surface area is 186 Å². The Hall–Kier alpha value is -4.00. The lowest BCUT2D eigenvalue weighted by Gasteiger charge is -2.19. The summed E-state index contributed by atoms with van der Waals surface area (Å²) in [5.41, 5.74) is 3.27. The van der Waals surface area contributed by atoms with Crippen molar-refractivity contribution >= 4 is 17.7 Å². The molecule has 1 amide bonds. The number of ether oxygens (including phenoxy) is 1. The number of hydrogen-bond acceptors (Lipinski definition) is 5. The second-order valence-corrected chi connectivity index (χ2v) is 7.36. The third kappa shape index (κ3) is 5.18. The van der Waals surface area contributed by atoms with Crippen LogP contribution in [0.15, 0.2) is 60.7 Å². The van der Waals surface area contributed by atoms with Crippen LogP contribution in [0.5, 0.6) is 5.75 Å². The van der Waals surface area contributed by atoms with E-state index < -0.39 is 17.9 Å². The van der Waals surface area contributed by atoms with Crippen molar-refractivity contribution in [1.29, 1.82) is 0 Å². The van der Waals surface area contributed by atoms with Crippen molar-refractivity contribution in [2.45, 2.75) is 26.3 Å². The number of carboxylic acids is 1. The van der Waals surface area contributed by atoms with Gasteiger partial charge < -0.3 is 15.2 Å². The number of benzene rings is 2. The molecule has 0 aliphatic rings. The number of hydrogen-bond donors (Lipinski definition) is 2. The van der Waals surface area contributed by atoms with E-state index in [-0.39, 0.29) is 17.9 Å². The summed E-state index contributed by atoms with van der Waals surface area (Å²) < 4.78 is 5.40. The summed E-state index contributed by atoms with van der Waals surface area (Å²) in [7, 11) is 1.50. The highest BCUT2D eigenvalue weighted by Gasteiger charge is 2.22. The molecule has 7 heteroatoms. The molecule has 3 aromatic rings. The Morgan fingerprint density at radius 3 is 2.47 bits per heavy atom. The van der Waals surface area contributed by atoms with Gasteiger partial charge in [-0.2, -0.15) is 0 Å². The van der Waals surface area contributed by atoms with Gasteiger partial charge in [-0.25, -0.2) is 4.98 Å². The van der Waals surface area contributed by atoms with E-state index >= 15 is 0 Å². The van der Waals surface area contributed by atoms with Crippen LogP contribution in [0.1, 0.15) is 51.4 Å². The van der Waals surface area contributed by atoms with Gasteiger partial charge in [-0.3, -0.25) is 14.4 Å². The van der Waals surface area contributed by atoms with Gasteiger partial charge in [0.15, 0.2) is 5.78 Å². The fraction of sp³-hybridized carbons (Fsp3) is 0.200. The van der Waals surface area contributed by atoms with Crippen LogP contribution in [-0.2, 0) is 4.79 Å². The van der Waals surface area contributed by atoms with E-state index in [1.54, 1.807) is 42.5 Å². The Morgan fingerprint density at radius 2 is 1.81 bits per heavy atom. The van der Waals surface area contributed by atoms with Gasteiger partial charge in [0.1, 0.15) is 17.1 Å². The number of aromatic nitrogens is 1. The van der Waals surface area contributed by atoms with Crippen LogP contribution in [0, 0.1) is 6.92 Å². The predicted octanol–water partition coefficient (Wildman–Crippen LogP) is 4.21. The SMILES string of the molecule is COc1ccc(C(=O)NC(CC(=O)O)c2ccccc2C)nc1-c1cccc(C(C)=O)c1. The molecule has 0 fully saturated rings. The molecule has 1 atom stereocenters. The van der Waals surface area contributed by atoms with Crippen molar-refractivity contribution in [3.8, 4) is 17.0 Å². The topological polar surface area (TPSA) is 106 Å². The molecule has 0 saturated heterocycles. The number of carbonyl (C=O) groups excluding carboxylic acids is 2. The molecule has 2 aromatic carbocycles. The van der Waals surface area contributed by atoms with E-state index in [1.165, 1.54) is 20.1 Å². The first-order valence-corrected chi connectivity index (χ1v) is 10.0. The lowest BCUT2D eigenvalue weighted by molar-refractivity contribution is -0.137. The minimum absolute atomic E-state index is 0.0885. The van der Waals surface area contributed by atoms with Crippen molar-refractivity contribution in [2.24, 2.45) is 0 Å². The monoisotopic (exact) mass is 432 g/mol. The minimum atomic E-state index is -1.03. The molecule has 1 unspecified atom stereocenters. The number of ketones is 1. The number of methoxy groups -OCH3 is 1. The molecule has 0 radical (unpaired) electrons. The summed E-state index contributed by atoms with van der Waals surface area (Å²) in [5.74, 6) is -1.17. The normalized spacial score (nSPS) is 11.5. The second-order valence-electron chi connectivity index (χ2n) is 7.36. The van der Waals surface area contributed by atoms with Crippen LogP contribution in [-0.4, -0.2) is 34.9 Å². The molecular formula is C25H24N2O5. The van der Waals surface area contributed by atoms with Gasteiger partial charge in [-0.15, -0.1) is 0 Å². The highest BCUT2D eigenvalue weighted by molar-refractivity contribution is 5.96. The zero-order valence-electron chi connectivity index (χ0n) is 18.1. The first kappa shape index (κ1) is 22.7. The van der Waals surface area contributed by atoms with Gasteiger partial charge in [0.25, 0.3) is 5.91 Å². The standard InChI is InChI=1S/C25H24N2O5/c1-15-7-4-5-10-19(15)21(14-23(29)30)27-25(31)20-11-12-22(32-3)24(26-20)18-9-6-8-17(13-18)16(2)28/h4-13,21H,14H2,1-3H3,(H,27,31)(H,29,30). The van der Waals surface area contributed by atoms with Crippen molar-refractivity contribution in [3.63, 3.8) is 0 Å². The van der Waals surface area contributed by atoms with Crippen LogP contribution in [0.25, 0.3) is 11.3 Å². The van der Waals surface area contributed by atoms with Crippen LogP contribution in [0.2, 0.25) is 0 Å². The zero-order chi connectivity index (χ0) is 23.3. The van der Waals surface area contributed by atoms with E-state index in [9.17, 15) is 19.5 Å². The molecule has 3 rings (SSSR count). The van der Waals surface area contributed by atoms with E-state index in [4.69, 9.17) is 4.74 Å². The molecule has 1 aromatic heterocycles. The van der Waals surface area contributed by atoms with E-state index in [2.05, 4.69) is 10.3 Å². The van der Waals surface area contributed by atoms with Gasteiger partial charge >= 0.3 is 5.97 Å². The number of nitrogens with one attached hydrogen (secondary N) is 1. The summed E-state index contributed by atoms with van der Waals surface area (Å²) in [5, 5.41) is 12.1. The summed E-state index contributed by atoms with van der Waals surface area (Å²) >= 11 is 0. The number of nitrogens with zero attached hydrogens (tertiary/aromatic N) is 1. The molecule has 1 heterocycles. The molecule has 0 saturated carbocycles. The Morgan fingerprint density at radius 1 is 1.06 bits per heavy atom. The molecule has 0 aliphatic carbocycles. The molecular weight excluding hydrogens is 408 g/mol. The number of carbonyl (C=O) groups is 3. The van der Waals surface area contributed by atoms with Crippen molar-refractivity contribution < 1.29 is 24.2 Å². The average molecular weight is 432 g/mol. The number of pyridine rings is 1. The highest BCUT2D eigenvalue weighted by Crippen LogP contribution is 2.29. The summed E-state index contributed by atoms with van der Waals surface area (Å²) in [4.78, 5) is 40.7. The number of Topliss-reactive ketones (excluding diaryl/α,β-unsaturated/α-hetero) is 1. The van der Waals surface area contributed by atoms with Crippen LogP contribution in [0.3, 0.4) is 0 Å². The van der Waals surface area contributed by atoms with Gasteiger partial charge in [-0.05, 0) is 43.2 Å². The summed E-state index contributed by atoms with van der Waals surface area (Å²) in [6.45, 7) is 3.34. The van der Waals surface area contributed by atoms with Crippen molar-refractivity contribution in [1.82, 2.24) is 10.3 Å². The van der Waals surface area contributed by atoms with Gasteiger partial charge in [0.05, 0.1) is 19.6 Å². The zero-order valence-corrected chi connectivity index (χ0v) is 18.1. The fourth-order valence-electron chi connectivity index (χ4n) is 3.45. The van der Waals surface area contributed by atoms with Gasteiger partial charge in [0, 0.05) is 11.1 Å². The average Bonchev–Trinajstić information content (AvgIpc) is 2.78. The molecule has 32 heavy (non-hydrogen) atoms. The first-order chi connectivity index (χ1) is 15.3. The smallest absolute Gasteiger partial charge is 0.305 e. The number of aryl methyl sites for hydroxylation is 1. The molecule has 0 spiro atoms. The van der Waals surface area contributed by atoms with E-state index in [0.717, 1.165) is 11.1 Å². The first-order valence-electron chi connectivity index (χ1n) is 10.0. The van der Waals surface area contributed by atoms with Crippen LogP contribution < -0.4 is 10.1 Å². The van der Waals surface area contributed by atoms with E-state index in [0.29, 0.717) is 22.6 Å². The highest BCUT2D eigenvalue weighted by atomic mass is 16.5. The fourth-order valence-corrected chi connectivity index (χ4v) is 3.45. The largest absolute Gasteiger partial charge is 0.494 e. The number of amides is 1.